The summed E-state index contributed by atoms with van der Waals surface area (Å²) in [6.07, 6.45) is 0. The first kappa shape index (κ1) is 14.4. The molecule has 0 aromatic heterocycles. The van der Waals surface area contributed by atoms with Gasteiger partial charge in [-0.25, -0.2) is 0 Å². The minimum atomic E-state index is 0.965. The van der Waals surface area contributed by atoms with E-state index in [1.807, 2.05) is 0 Å². The number of methoxy groups -OCH3 is 1. The summed E-state index contributed by atoms with van der Waals surface area (Å²) in [7, 11) is 1.72. The number of hydrogen-bond acceptors (Lipinski definition) is 2. The second kappa shape index (κ2) is 5.58. The van der Waals surface area contributed by atoms with Crippen LogP contribution in [0.25, 0.3) is 0 Å². The highest BCUT2D eigenvalue weighted by Crippen LogP contribution is 2.29. The van der Waals surface area contributed by atoms with E-state index in [1.54, 1.807) is 7.11 Å². The molecular weight excluding hydrogens is 246 g/mol. The summed E-state index contributed by atoms with van der Waals surface area (Å²) < 4.78 is 5.41. The van der Waals surface area contributed by atoms with Crippen LogP contribution in [-0.2, 0) is 0 Å². The van der Waals surface area contributed by atoms with E-state index in [2.05, 4.69) is 64.2 Å². The molecule has 2 heteroatoms. The fraction of sp³-hybridized carbons (Fsp3) is 0.333. The largest absolute Gasteiger partial charge is 0.496 e. The highest BCUT2D eigenvalue weighted by atomic mass is 16.5. The maximum atomic E-state index is 5.41. The summed E-state index contributed by atoms with van der Waals surface area (Å²) in [4.78, 5) is 0. The van der Waals surface area contributed by atoms with Crippen molar-refractivity contribution in [2.45, 2.75) is 34.6 Å². The van der Waals surface area contributed by atoms with E-state index in [1.165, 1.54) is 16.7 Å². The Balaban J connectivity index is 2.35. The number of benzene rings is 2. The van der Waals surface area contributed by atoms with E-state index >= 15 is 0 Å². The van der Waals surface area contributed by atoms with Gasteiger partial charge in [0.05, 0.1) is 7.11 Å². The van der Waals surface area contributed by atoms with E-state index in [-0.39, 0.29) is 0 Å². The topological polar surface area (TPSA) is 21.3 Å². The van der Waals surface area contributed by atoms with Crippen molar-refractivity contribution in [1.82, 2.24) is 0 Å². The van der Waals surface area contributed by atoms with Crippen LogP contribution in [0.5, 0.6) is 5.75 Å². The lowest BCUT2D eigenvalue weighted by Gasteiger charge is -2.15. The standard InChI is InChI=1S/C18H23NO/c1-11-7-16(8-12(2)15(11)5)19-17-9-13(3)18(20-6)14(4)10-17/h7-10,19H,1-6H3. The summed E-state index contributed by atoms with van der Waals surface area (Å²) in [5.74, 6) is 0.965. The van der Waals surface area contributed by atoms with Gasteiger partial charge in [-0.3, -0.25) is 0 Å². The monoisotopic (exact) mass is 269 g/mol. The van der Waals surface area contributed by atoms with Gasteiger partial charge in [-0.1, -0.05) is 0 Å². The quantitative estimate of drug-likeness (QED) is 0.848. The fourth-order valence-corrected chi connectivity index (χ4v) is 2.62. The maximum Gasteiger partial charge on any atom is 0.124 e. The van der Waals surface area contributed by atoms with Crippen LogP contribution < -0.4 is 10.1 Å². The molecule has 2 nitrogen and oxygen atoms in total. The van der Waals surface area contributed by atoms with Crippen LogP contribution in [0.1, 0.15) is 27.8 Å². The van der Waals surface area contributed by atoms with Gasteiger partial charge in [0.25, 0.3) is 0 Å². The van der Waals surface area contributed by atoms with E-state index in [0.29, 0.717) is 0 Å². The van der Waals surface area contributed by atoms with Crippen LogP contribution in [0, 0.1) is 34.6 Å². The third-order valence-electron chi connectivity index (χ3n) is 3.88. The molecule has 0 unspecified atom stereocenters. The molecule has 106 valence electrons. The lowest BCUT2D eigenvalue weighted by Crippen LogP contribution is -1.97. The summed E-state index contributed by atoms with van der Waals surface area (Å²) in [6.45, 7) is 10.6. The van der Waals surface area contributed by atoms with Crippen molar-refractivity contribution in [1.29, 1.82) is 0 Å². The molecule has 0 radical (unpaired) electrons. The Hall–Kier alpha value is -1.96. The van der Waals surface area contributed by atoms with Crippen molar-refractivity contribution in [2.24, 2.45) is 0 Å². The average Bonchev–Trinajstić information content (AvgIpc) is 2.35. The lowest BCUT2D eigenvalue weighted by molar-refractivity contribution is 0.408. The summed E-state index contributed by atoms with van der Waals surface area (Å²) >= 11 is 0. The van der Waals surface area contributed by atoms with Gasteiger partial charge < -0.3 is 10.1 Å². The first-order valence-electron chi connectivity index (χ1n) is 6.92. The first-order chi connectivity index (χ1) is 9.42. The maximum absolute atomic E-state index is 5.41. The van der Waals surface area contributed by atoms with Crippen molar-refractivity contribution >= 4 is 11.4 Å². The normalized spacial score (nSPS) is 10.5. The molecule has 0 aliphatic rings. The predicted octanol–water partition coefficient (Wildman–Crippen LogP) is 4.98. The van der Waals surface area contributed by atoms with Crippen molar-refractivity contribution in [3.05, 3.63) is 52.1 Å². The Morgan fingerprint density at radius 2 is 1.10 bits per heavy atom. The second-order valence-electron chi connectivity index (χ2n) is 5.50. The molecule has 0 spiro atoms. The van der Waals surface area contributed by atoms with E-state index in [4.69, 9.17) is 4.74 Å². The summed E-state index contributed by atoms with van der Waals surface area (Å²) in [5.41, 5.74) is 8.52. The molecule has 2 rings (SSSR count). The molecule has 0 bridgehead atoms. The third-order valence-corrected chi connectivity index (χ3v) is 3.88. The Bertz CT molecular complexity index is 598. The van der Waals surface area contributed by atoms with Gasteiger partial charge >= 0.3 is 0 Å². The Morgan fingerprint density at radius 3 is 1.50 bits per heavy atom. The van der Waals surface area contributed by atoms with Gasteiger partial charge in [0.15, 0.2) is 0 Å². The molecule has 0 amide bonds. The number of hydrogen-bond donors (Lipinski definition) is 1. The Kier molecular flexibility index (Phi) is 4.03. The van der Waals surface area contributed by atoms with Gasteiger partial charge in [-0.05, 0) is 86.7 Å². The molecule has 20 heavy (non-hydrogen) atoms. The van der Waals surface area contributed by atoms with E-state index < -0.39 is 0 Å². The molecule has 1 N–H and O–H groups in total. The van der Waals surface area contributed by atoms with Gasteiger partial charge in [-0.2, -0.15) is 0 Å². The molecule has 0 heterocycles. The first-order valence-corrected chi connectivity index (χ1v) is 6.92. The summed E-state index contributed by atoms with van der Waals surface area (Å²) in [5, 5.41) is 3.49. The van der Waals surface area contributed by atoms with Gasteiger partial charge in [0, 0.05) is 11.4 Å². The van der Waals surface area contributed by atoms with Gasteiger partial charge in [-0.15, -0.1) is 0 Å². The number of ether oxygens (including phenoxy) is 1. The van der Waals surface area contributed by atoms with Crippen LogP contribution in [0.15, 0.2) is 24.3 Å². The zero-order valence-electron chi connectivity index (χ0n) is 13.2. The molecule has 2 aromatic carbocycles. The zero-order valence-corrected chi connectivity index (χ0v) is 13.2. The van der Waals surface area contributed by atoms with Crippen LogP contribution in [0.3, 0.4) is 0 Å². The third kappa shape index (κ3) is 2.79. The number of rotatable bonds is 3. The van der Waals surface area contributed by atoms with Gasteiger partial charge in [0.1, 0.15) is 5.75 Å². The predicted molar refractivity (Wildman–Crippen MR) is 86.4 cm³/mol. The summed E-state index contributed by atoms with van der Waals surface area (Å²) in [6, 6.07) is 8.63. The highest BCUT2D eigenvalue weighted by molar-refractivity contribution is 5.65. The molecule has 0 saturated heterocycles. The molecule has 2 aromatic rings. The van der Waals surface area contributed by atoms with Crippen molar-refractivity contribution < 1.29 is 4.74 Å². The van der Waals surface area contributed by atoms with Crippen LogP contribution in [-0.4, -0.2) is 7.11 Å². The smallest absolute Gasteiger partial charge is 0.124 e. The number of nitrogens with one attached hydrogen (secondary N) is 1. The average molecular weight is 269 g/mol. The van der Waals surface area contributed by atoms with E-state index in [0.717, 1.165) is 28.3 Å². The molecule has 0 atom stereocenters. The minimum Gasteiger partial charge on any atom is -0.496 e. The van der Waals surface area contributed by atoms with Crippen LogP contribution in [0.2, 0.25) is 0 Å². The van der Waals surface area contributed by atoms with E-state index in [9.17, 15) is 0 Å². The molecule has 0 fully saturated rings. The van der Waals surface area contributed by atoms with Crippen LogP contribution >= 0.6 is 0 Å². The highest BCUT2D eigenvalue weighted by Gasteiger charge is 2.06. The number of aryl methyl sites for hydroxylation is 4. The number of anilines is 2. The lowest BCUT2D eigenvalue weighted by atomic mass is 10.0. The fourth-order valence-electron chi connectivity index (χ4n) is 2.62. The molecule has 0 aliphatic carbocycles. The Labute approximate surface area is 121 Å². The SMILES string of the molecule is COc1c(C)cc(Nc2cc(C)c(C)c(C)c2)cc1C. The zero-order chi connectivity index (χ0) is 14.9. The van der Waals surface area contributed by atoms with Crippen molar-refractivity contribution in [2.75, 3.05) is 12.4 Å². The van der Waals surface area contributed by atoms with Crippen molar-refractivity contribution in [3.8, 4) is 5.75 Å². The second-order valence-corrected chi connectivity index (χ2v) is 5.50. The van der Waals surface area contributed by atoms with Crippen LogP contribution in [0.4, 0.5) is 11.4 Å². The molecule has 0 aliphatic heterocycles. The van der Waals surface area contributed by atoms with Crippen molar-refractivity contribution in [3.63, 3.8) is 0 Å². The Morgan fingerprint density at radius 1 is 0.700 bits per heavy atom. The van der Waals surface area contributed by atoms with Gasteiger partial charge in [0.2, 0.25) is 0 Å². The minimum absolute atomic E-state index is 0.965. The molecular formula is C18H23NO. The molecule has 0 saturated carbocycles.